The first kappa shape index (κ1) is 14.9. The Kier molecular flexibility index (Phi) is 4.32. The Labute approximate surface area is 130 Å². The Bertz CT molecular complexity index is 663. The van der Waals surface area contributed by atoms with Crippen LogP contribution in [0.1, 0.15) is 55.8 Å². The van der Waals surface area contributed by atoms with Gasteiger partial charge in [-0.3, -0.25) is 0 Å². The van der Waals surface area contributed by atoms with Gasteiger partial charge < -0.3 is 15.4 Å². The van der Waals surface area contributed by atoms with E-state index < -0.39 is 5.97 Å². The van der Waals surface area contributed by atoms with E-state index in [4.69, 9.17) is 0 Å². The van der Waals surface area contributed by atoms with Gasteiger partial charge in [0.2, 0.25) is 0 Å². The van der Waals surface area contributed by atoms with Crippen LogP contribution in [-0.2, 0) is 0 Å². The molecule has 22 heavy (non-hydrogen) atoms. The van der Waals surface area contributed by atoms with Gasteiger partial charge >= 0.3 is 5.97 Å². The predicted molar refractivity (Wildman–Crippen MR) is 87.3 cm³/mol. The molecule has 0 spiro atoms. The largest absolute Gasteiger partial charge is 0.478 e. The molecule has 1 fully saturated rings. The van der Waals surface area contributed by atoms with Crippen LogP contribution in [-0.4, -0.2) is 27.1 Å². The van der Waals surface area contributed by atoms with Crippen LogP contribution in [0, 0.1) is 5.92 Å². The van der Waals surface area contributed by atoms with E-state index in [-0.39, 0.29) is 5.56 Å². The molecule has 1 saturated carbocycles. The maximum Gasteiger partial charge on any atom is 0.339 e. The van der Waals surface area contributed by atoms with Crippen LogP contribution in [0.15, 0.2) is 18.5 Å². The number of H-pyrrole nitrogens is 1. The minimum atomic E-state index is -0.931. The first-order chi connectivity index (χ1) is 10.7. The van der Waals surface area contributed by atoms with E-state index >= 15 is 0 Å². The fourth-order valence-corrected chi connectivity index (χ4v) is 3.62. The summed E-state index contributed by atoms with van der Waals surface area (Å²) >= 11 is 0. The lowest BCUT2D eigenvalue weighted by molar-refractivity contribution is 0.0697. The zero-order valence-electron chi connectivity index (χ0n) is 12.9. The lowest BCUT2D eigenvalue weighted by Gasteiger charge is -2.30. The number of aromatic nitrogens is 2. The highest BCUT2D eigenvalue weighted by Crippen LogP contribution is 2.32. The maximum atomic E-state index is 11.5. The molecule has 0 unspecified atom stereocenters. The molecule has 2 atom stereocenters. The molecule has 2 heterocycles. The number of carboxylic acid groups (broad SMARTS) is 1. The lowest BCUT2D eigenvalue weighted by atomic mass is 9.83. The summed E-state index contributed by atoms with van der Waals surface area (Å²) in [6, 6.07) is 2.24. The van der Waals surface area contributed by atoms with Crippen LogP contribution in [0.3, 0.4) is 0 Å². The van der Waals surface area contributed by atoms with Crippen LogP contribution in [0.4, 0.5) is 5.69 Å². The summed E-state index contributed by atoms with van der Waals surface area (Å²) in [4.78, 5) is 18.7. The Balaban J connectivity index is 1.87. The van der Waals surface area contributed by atoms with Crippen molar-refractivity contribution in [2.45, 2.75) is 51.5 Å². The summed E-state index contributed by atoms with van der Waals surface area (Å²) in [6.45, 7) is 2.23. The highest BCUT2D eigenvalue weighted by molar-refractivity contribution is 6.03. The molecule has 3 rings (SSSR count). The summed E-state index contributed by atoms with van der Waals surface area (Å²) in [5.41, 5.74) is 1.69. The molecule has 5 nitrogen and oxygen atoms in total. The summed E-state index contributed by atoms with van der Waals surface area (Å²) in [5, 5.41) is 13.8. The van der Waals surface area contributed by atoms with Gasteiger partial charge in [-0.15, -0.1) is 0 Å². The monoisotopic (exact) mass is 301 g/mol. The number of carboxylic acids is 1. The van der Waals surface area contributed by atoms with E-state index in [1.54, 1.807) is 6.20 Å². The highest BCUT2D eigenvalue weighted by atomic mass is 16.4. The SMILES string of the molecule is CCC[C@H]1CCC[C@H](Nc2c(C(=O)O)cnc3[nH]ccc23)C1. The molecule has 2 aromatic rings. The van der Waals surface area contributed by atoms with E-state index in [0.717, 1.165) is 29.8 Å². The number of hydrogen-bond donors (Lipinski definition) is 3. The molecular weight excluding hydrogens is 278 g/mol. The number of hydrogen-bond acceptors (Lipinski definition) is 3. The second kappa shape index (κ2) is 6.38. The number of fused-ring (bicyclic) bond motifs is 1. The van der Waals surface area contributed by atoms with Crippen LogP contribution in [0.2, 0.25) is 0 Å². The minimum absolute atomic E-state index is 0.254. The highest BCUT2D eigenvalue weighted by Gasteiger charge is 2.24. The predicted octanol–water partition coefficient (Wildman–Crippen LogP) is 4.03. The fraction of sp³-hybridized carbons (Fsp3) is 0.529. The summed E-state index contributed by atoms with van der Waals surface area (Å²) in [5.74, 6) is -0.174. The molecule has 5 heteroatoms. The van der Waals surface area contributed by atoms with Crippen LogP contribution < -0.4 is 5.32 Å². The van der Waals surface area contributed by atoms with E-state index in [0.29, 0.717) is 11.7 Å². The molecular formula is C17H23N3O2. The van der Waals surface area contributed by atoms with Crippen LogP contribution in [0.25, 0.3) is 11.0 Å². The molecule has 2 aromatic heterocycles. The number of rotatable bonds is 5. The van der Waals surface area contributed by atoms with E-state index in [9.17, 15) is 9.90 Å². The number of aromatic carboxylic acids is 1. The van der Waals surface area contributed by atoms with Crippen molar-refractivity contribution in [2.24, 2.45) is 5.92 Å². The first-order valence-electron chi connectivity index (χ1n) is 8.15. The zero-order valence-corrected chi connectivity index (χ0v) is 12.9. The first-order valence-corrected chi connectivity index (χ1v) is 8.15. The Hall–Kier alpha value is -2.04. The molecule has 1 aliphatic rings. The molecule has 0 bridgehead atoms. The second-order valence-electron chi connectivity index (χ2n) is 6.25. The molecule has 0 saturated heterocycles. The molecule has 0 aromatic carbocycles. The van der Waals surface area contributed by atoms with Gasteiger partial charge in [0.1, 0.15) is 11.2 Å². The van der Waals surface area contributed by atoms with Crippen molar-refractivity contribution in [2.75, 3.05) is 5.32 Å². The van der Waals surface area contributed by atoms with Gasteiger partial charge in [-0.2, -0.15) is 0 Å². The number of aromatic amines is 1. The number of nitrogens with zero attached hydrogens (tertiary/aromatic N) is 1. The van der Waals surface area contributed by atoms with Gasteiger partial charge in [0.05, 0.1) is 5.69 Å². The van der Waals surface area contributed by atoms with E-state index in [1.807, 2.05) is 6.07 Å². The summed E-state index contributed by atoms with van der Waals surface area (Å²) in [6.07, 6.45) is 10.5. The normalized spacial score (nSPS) is 21.9. The number of pyridine rings is 1. The molecule has 0 aliphatic heterocycles. The van der Waals surface area contributed by atoms with Gasteiger partial charge in [-0.05, 0) is 24.8 Å². The molecule has 3 N–H and O–H groups in total. The average molecular weight is 301 g/mol. The van der Waals surface area contributed by atoms with E-state index in [2.05, 4.69) is 22.2 Å². The third kappa shape index (κ3) is 2.93. The Morgan fingerprint density at radius 3 is 3.14 bits per heavy atom. The van der Waals surface area contributed by atoms with Crippen molar-refractivity contribution >= 4 is 22.7 Å². The van der Waals surface area contributed by atoms with E-state index in [1.165, 1.54) is 31.9 Å². The third-order valence-corrected chi connectivity index (χ3v) is 4.65. The topological polar surface area (TPSA) is 78.0 Å². The minimum Gasteiger partial charge on any atom is -0.478 e. The van der Waals surface area contributed by atoms with Crippen LogP contribution in [0.5, 0.6) is 0 Å². The molecule has 0 radical (unpaired) electrons. The molecule has 1 aliphatic carbocycles. The smallest absolute Gasteiger partial charge is 0.339 e. The molecule has 0 amide bonds. The number of nitrogens with one attached hydrogen (secondary N) is 2. The van der Waals surface area contributed by atoms with Crippen molar-refractivity contribution < 1.29 is 9.90 Å². The Morgan fingerprint density at radius 1 is 1.50 bits per heavy atom. The summed E-state index contributed by atoms with van der Waals surface area (Å²) in [7, 11) is 0. The maximum absolute atomic E-state index is 11.5. The average Bonchev–Trinajstić information content (AvgIpc) is 2.97. The van der Waals surface area contributed by atoms with Crippen LogP contribution >= 0.6 is 0 Å². The van der Waals surface area contributed by atoms with Crippen molar-refractivity contribution in [3.05, 3.63) is 24.0 Å². The zero-order chi connectivity index (χ0) is 15.5. The standard InChI is InChI=1S/C17H23N3O2/c1-2-4-11-5-3-6-12(9-11)20-15-13-7-8-18-16(13)19-10-14(15)17(21)22/h7-8,10-12H,2-6,9H2,1H3,(H,21,22)(H2,18,19,20)/t11-,12-/m0/s1. The van der Waals surface area contributed by atoms with Gasteiger partial charge in [-0.1, -0.05) is 32.6 Å². The van der Waals surface area contributed by atoms with Crippen molar-refractivity contribution in [3.63, 3.8) is 0 Å². The molecule has 118 valence electrons. The van der Waals surface area contributed by atoms with Crippen molar-refractivity contribution in [1.82, 2.24) is 9.97 Å². The third-order valence-electron chi connectivity index (χ3n) is 4.65. The summed E-state index contributed by atoms with van der Waals surface area (Å²) < 4.78 is 0. The van der Waals surface area contributed by atoms with Gasteiger partial charge in [-0.25, -0.2) is 9.78 Å². The van der Waals surface area contributed by atoms with Gasteiger partial charge in [0.15, 0.2) is 0 Å². The number of anilines is 1. The van der Waals surface area contributed by atoms with Gasteiger partial charge in [0, 0.05) is 23.8 Å². The van der Waals surface area contributed by atoms with Crippen molar-refractivity contribution in [3.8, 4) is 0 Å². The Morgan fingerprint density at radius 2 is 2.36 bits per heavy atom. The fourth-order valence-electron chi connectivity index (χ4n) is 3.62. The van der Waals surface area contributed by atoms with Crippen molar-refractivity contribution in [1.29, 1.82) is 0 Å². The quantitative estimate of drug-likeness (QED) is 0.779. The lowest BCUT2D eigenvalue weighted by Crippen LogP contribution is -2.28. The van der Waals surface area contributed by atoms with Gasteiger partial charge in [0.25, 0.3) is 0 Å². The number of carbonyl (C=O) groups is 1. The second-order valence-corrected chi connectivity index (χ2v) is 6.25.